The van der Waals surface area contributed by atoms with Crippen LogP contribution in [0.3, 0.4) is 0 Å². The minimum Gasteiger partial charge on any atom is -0.490 e. The molecule has 5 rings (SSSR count). The number of nitrogens with zero attached hydrogens (tertiary/aromatic N) is 3. The van der Waals surface area contributed by atoms with Gasteiger partial charge in [0.15, 0.2) is 5.11 Å². The summed E-state index contributed by atoms with van der Waals surface area (Å²) >= 11 is 12.6. The molecule has 1 aliphatic carbocycles. The summed E-state index contributed by atoms with van der Waals surface area (Å²) in [6.45, 7) is 5.41. The smallest absolute Gasteiger partial charge is 0.174 e. The number of ether oxygens (including phenoxy) is 2. The van der Waals surface area contributed by atoms with Gasteiger partial charge in [-0.1, -0.05) is 30.5 Å². The number of aromatic nitrogens is 2. The van der Waals surface area contributed by atoms with Crippen LogP contribution in [0.5, 0.6) is 5.75 Å². The van der Waals surface area contributed by atoms with Crippen molar-refractivity contribution in [3.05, 3.63) is 76.3 Å². The molecule has 2 aromatic heterocycles. The first-order chi connectivity index (χ1) is 17.5. The van der Waals surface area contributed by atoms with Gasteiger partial charge in [-0.15, -0.1) is 0 Å². The number of nitrogens with one attached hydrogen (secondary N) is 1. The molecule has 1 aliphatic heterocycles. The van der Waals surface area contributed by atoms with Gasteiger partial charge < -0.3 is 24.3 Å². The highest BCUT2D eigenvalue weighted by atomic mass is 35.5. The van der Waals surface area contributed by atoms with E-state index in [1.807, 2.05) is 36.5 Å². The average Bonchev–Trinajstić information content (AvgIpc) is 3.58. The van der Waals surface area contributed by atoms with Crippen LogP contribution in [0.4, 0.5) is 5.69 Å². The van der Waals surface area contributed by atoms with Gasteiger partial charge in [-0.25, -0.2) is 0 Å². The summed E-state index contributed by atoms with van der Waals surface area (Å²) < 4.78 is 13.4. The summed E-state index contributed by atoms with van der Waals surface area (Å²) in [6.07, 6.45) is 6.91. The number of halogens is 1. The van der Waals surface area contributed by atoms with Crippen molar-refractivity contribution in [2.24, 2.45) is 0 Å². The number of thiocarbonyl (C=S) groups is 1. The van der Waals surface area contributed by atoms with Crippen LogP contribution in [0.1, 0.15) is 66.5 Å². The second kappa shape index (κ2) is 10.8. The van der Waals surface area contributed by atoms with Gasteiger partial charge in [0, 0.05) is 36.4 Å². The molecule has 0 bridgehead atoms. The SMILES string of the molecule is COCCOc1ccc(N2C(=S)N[C@@H](c3ccccn3)[C@@H]2c2cc(C)n(C3CCCC3)c2C)cc1Cl. The van der Waals surface area contributed by atoms with E-state index in [1.165, 1.54) is 42.6 Å². The maximum atomic E-state index is 6.66. The van der Waals surface area contributed by atoms with Crippen molar-refractivity contribution in [3.8, 4) is 5.75 Å². The molecular weight excluding hydrogens is 492 g/mol. The summed E-state index contributed by atoms with van der Waals surface area (Å²) in [7, 11) is 1.65. The van der Waals surface area contributed by atoms with E-state index >= 15 is 0 Å². The largest absolute Gasteiger partial charge is 0.490 e. The number of aryl methyl sites for hydroxylation is 1. The van der Waals surface area contributed by atoms with Crippen LogP contribution in [0.15, 0.2) is 48.7 Å². The fourth-order valence-corrected chi connectivity index (χ4v) is 6.34. The van der Waals surface area contributed by atoms with Gasteiger partial charge in [0.2, 0.25) is 0 Å². The minimum absolute atomic E-state index is 0.0647. The summed E-state index contributed by atoms with van der Waals surface area (Å²) in [5.74, 6) is 0.632. The van der Waals surface area contributed by atoms with E-state index in [-0.39, 0.29) is 12.1 Å². The first-order valence-electron chi connectivity index (χ1n) is 12.6. The standard InChI is InChI=1S/C28H33ClN4O2S/c1-18-16-22(19(2)32(18)20-8-4-5-9-20)27-26(24-10-6-7-13-30-24)31-28(36)33(27)21-11-12-25(23(29)17-21)35-15-14-34-3/h6-7,10-13,16-17,20,26-27H,4-5,8-9,14-15H2,1-3H3,(H,31,36)/t26-,27-/m0/s1. The second-order valence-electron chi connectivity index (χ2n) is 9.59. The zero-order valence-corrected chi connectivity index (χ0v) is 22.6. The molecule has 6 nitrogen and oxygen atoms in total. The van der Waals surface area contributed by atoms with Crippen molar-refractivity contribution in [2.45, 2.75) is 57.7 Å². The molecule has 1 saturated carbocycles. The lowest BCUT2D eigenvalue weighted by Crippen LogP contribution is -2.29. The molecule has 3 heterocycles. The number of benzene rings is 1. The van der Waals surface area contributed by atoms with Gasteiger partial charge in [-0.2, -0.15) is 0 Å². The number of methoxy groups -OCH3 is 1. The molecule has 1 saturated heterocycles. The predicted molar refractivity (Wildman–Crippen MR) is 148 cm³/mol. The molecule has 0 spiro atoms. The molecule has 0 amide bonds. The van der Waals surface area contributed by atoms with Crippen LogP contribution in [0, 0.1) is 13.8 Å². The first-order valence-corrected chi connectivity index (χ1v) is 13.4. The van der Waals surface area contributed by atoms with E-state index in [2.05, 4.69) is 40.8 Å². The second-order valence-corrected chi connectivity index (χ2v) is 10.4. The van der Waals surface area contributed by atoms with Gasteiger partial charge in [0.05, 0.1) is 29.4 Å². The summed E-state index contributed by atoms with van der Waals surface area (Å²) in [5.41, 5.74) is 5.74. The van der Waals surface area contributed by atoms with E-state index in [9.17, 15) is 0 Å². The highest BCUT2D eigenvalue weighted by molar-refractivity contribution is 7.80. The maximum absolute atomic E-state index is 6.66. The van der Waals surface area contributed by atoms with Crippen LogP contribution in [0.2, 0.25) is 5.02 Å². The lowest BCUT2D eigenvalue weighted by Gasteiger charge is -2.29. The van der Waals surface area contributed by atoms with Gasteiger partial charge in [-0.3, -0.25) is 4.98 Å². The van der Waals surface area contributed by atoms with Crippen molar-refractivity contribution >= 4 is 34.6 Å². The van der Waals surface area contributed by atoms with Crippen LogP contribution in [-0.4, -0.2) is 35.0 Å². The summed E-state index contributed by atoms with van der Waals surface area (Å²) in [5, 5.41) is 4.77. The topological polar surface area (TPSA) is 51.6 Å². The van der Waals surface area contributed by atoms with E-state index in [0.29, 0.717) is 35.1 Å². The summed E-state index contributed by atoms with van der Waals surface area (Å²) in [4.78, 5) is 6.88. The third-order valence-corrected chi connectivity index (χ3v) is 7.98. The Kier molecular flexibility index (Phi) is 7.51. The maximum Gasteiger partial charge on any atom is 0.174 e. The van der Waals surface area contributed by atoms with Gasteiger partial charge >= 0.3 is 0 Å². The van der Waals surface area contributed by atoms with Crippen LogP contribution in [0.25, 0.3) is 0 Å². The third kappa shape index (κ3) is 4.72. The summed E-state index contributed by atoms with van der Waals surface area (Å²) in [6, 6.07) is 14.6. The first kappa shape index (κ1) is 25.1. The van der Waals surface area contributed by atoms with Gasteiger partial charge in [0.1, 0.15) is 12.4 Å². The molecule has 1 aromatic carbocycles. The van der Waals surface area contributed by atoms with Crippen molar-refractivity contribution in [3.63, 3.8) is 0 Å². The minimum atomic E-state index is -0.0902. The fraction of sp³-hybridized carbons (Fsp3) is 0.429. The van der Waals surface area contributed by atoms with Crippen LogP contribution < -0.4 is 15.0 Å². The molecule has 2 aliphatic rings. The van der Waals surface area contributed by atoms with Crippen molar-refractivity contribution in [1.82, 2.24) is 14.9 Å². The molecular formula is C28H33ClN4O2S. The van der Waals surface area contributed by atoms with Crippen LogP contribution >= 0.6 is 23.8 Å². The van der Waals surface area contributed by atoms with E-state index < -0.39 is 0 Å². The number of rotatable bonds is 8. The third-order valence-electron chi connectivity index (χ3n) is 7.37. The fourth-order valence-electron chi connectivity index (χ4n) is 5.77. The molecule has 8 heteroatoms. The Morgan fingerprint density at radius 3 is 2.61 bits per heavy atom. The monoisotopic (exact) mass is 524 g/mol. The molecule has 36 heavy (non-hydrogen) atoms. The molecule has 190 valence electrons. The lowest BCUT2D eigenvalue weighted by atomic mass is 9.96. The van der Waals surface area contributed by atoms with Crippen molar-refractivity contribution in [1.29, 1.82) is 0 Å². The normalized spacial score (nSPS) is 20.2. The Bertz CT molecular complexity index is 1230. The van der Waals surface area contributed by atoms with Gasteiger partial charge in [0.25, 0.3) is 0 Å². The molecule has 0 radical (unpaired) electrons. The Hall–Kier alpha value is -2.61. The van der Waals surface area contributed by atoms with Gasteiger partial charge in [-0.05, 0) is 80.9 Å². The average molecular weight is 525 g/mol. The van der Waals surface area contributed by atoms with E-state index in [1.54, 1.807) is 7.11 Å². The Labute approximate surface area is 223 Å². The highest BCUT2D eigenvalue weighted by Crippen LogP contribution is 2.45. The molecule has 0 unspecified atom stereocenters. The Morgan fingerprint density at radius 1 is 1.11 bits per heavy atom. The predicted octanol–water partition coefficient (Wildman–Crippen LogP) is 6.47. The molecule has 2 atom stereocenters. The molecule has 3 aromatic rings. The zero-order valence-electron chi connectivity index (χ0n) is 21.0. The highest BCUT2D eigenvalue weighted by Gasteiger charge is 2.42. The Morgan fingerprint density at radius 2 is 1.92 bits per heavy atom. The van der Waals surface area contributed by atoms with Crippen molar-refractivity contribution in [2.75, 3.05) is 25.2 Å². The number of anilines is 1. The van der Waals surface area contributed by atoms with Crippen LogP contribution in [-0.2, 0) is 4.74 Å². The lowest BCUT2D eigenvalue weighted by molar-refractivity contribution is 0.146. The molecule has 2 fully saturated rings. The van der Waals surface area contributed by atoms with E-state index in [4.69, 9.17) is 38.3 Å². The quantitative estimate of drug-likeness (QED) is 0.269. The molecule has 1 N–H and O–H groups in total. The number of hydrogen-bond acceptors (Lipinski definition) is 4. The number of pyridine rings is 1. The van der Waals surface area contributed by atoms with Crippen molar-refractivity contribution < 1.29 is 9.47 Å². The number of hydrogen-bond donors (Lipinski definition) is 1. The zero-order chi connectivity index (χ0) is 25.2. The Balaban J connectivity index is 1.57. The van der Waals surface area contributed by atoms with E-state index in [0.717, 1.165) is 11.4 Å².